The summed E-state index contributed by atoms with van der Waals surface area (Å²) in [6, 6.07) is 7.52. The van der Waals surface area contributed by atoms with Gasteiger partial charge in [0.1, 0.15) is 5.76 Å². The van der Waals surface area contributed by atoms with Gasteiger partial charge in [-0.05, 0) is 24.3 Å². The predicted octanol–water partition coefficient (Wildman–Crippen LogP) is 3.21. The number of halogens is 2. The lowest BCUT2D eigenvalue weighted by Gasteiger charge is -2.07. The summed E-state index contributed by atoms with van der Waals surface area (Å²) in [5.74, 6) is -1.51. The maximum atomic E-state index is 12.0. The zero-order valence-corrected chi connectivity index (χ0v) is 11.5. The summed E-state index contributed by atoms with van der Waals surface area (Å²) in [6.45, 7) is 0.0354. The number of hydrogen-bond donors (Lipinski definition) is 2. The SMILES string of the molecule is O=C(O)c1ccc(CNC(=O)c2c(Cl)cccc2Cl)o1. The first-order valence-electron chi connectivity index (χ1n) is 5.53. The van der Waals surface area contributed by atoms with E-state index in [4.69, 9.17) is 32.7 Å². The molecule has 0 bridgehead atoms. The normalized spacial score (nSPS) is 10.3. The van der Waals surface area contributed by atoms with E-state index in [1.54, 1.807) is 18.2 Å². The van der Waals surface area contributed by atoms with Crippen LogP contribution in [0.5, 0.6) is 0 Å². The fraction of sp³-hybridized carbons (Fsp3) is 0.0769. The Morgan fingerprint density at radius 3 is 2.35 bits per heavy atom. The highest BCUT2D eigenvalue weighted by Crippen LogP contribution is 2.24. The van der Waals surface area contributed by atoms with E-state index in [-0.39, 0.29) is 27.9 Å². The monoisotopic (exact) mass is 313 g/mol. The minimum Gasteiger partial charge on any atom is -0.475 e. The van der Waals surface area contributed by atoms with Gasteiger partial charge in [-0.1, -0.05) is 29.3 Å². The van der Waals surface area contributed by atoms with E-state index in [2.05, 4.69) is 5.32 Å². The number of benzene rings is 1. The van der Waals surface area contributed by atoms with Crippen molar-refractivity contribution in [3.05, 3.63) is 57.5 Å². The van der Waals surface area contributed by atoms with E-state index in [9.17, 15) is 9.59 Å². The Labute approximate surface area is 124 Å². The first-order valence-corrected chi connectivity index (χ1v) is 6.29. The third-order valence-electron chi connectivity index (χ3n) is 2.49. The second-order valence-corrected chi connectivity index (χ2v) is 4.66. The van der Waals surface area contributed by atoms with Gasteiger partial charge in [0.25, 0.3) is 5.91 Å². The molecule has 0 unspecified atom stereocenters. The number of furan rings is 1. The molecule has 5 nitrogen and oxygen atoms in total. The minimum absolute atomic E-state index is 0.0354. The van der Waals surface area contributed by atoms with Crippen molar-refractivity contribution in [1.82, 2.24) is 5.32 Å². The molecule has 0 aliphatic heterocycles. The number of aromatic carboxylic acids is 1. The van der Waals surface area contributed by atoms with Gasteiger partial charge in [0.05, 0.1) is 22.2 Å². The summed E-state index contributed by atoms with van der Waals surface area (Å²) in [5.41, 5.74) is 0.167. The van der Waals surface area contributed by atoms with Crippen molar-refractivity contribution < 1.29 is 19.1 Å². The van der Waals surface area contributed by atoms with Crippen LogP contribution in [0.3, 0.4) is 0 Å². The highest BCUT2D eigenvalue weighted by Gasteiger charge is 2.15. The molecule has 20 heavy (non-hydrogen) atoms. The summed E-state index contributed by atoms with van der Waals surface area (Å²) < 4.78 is 5.01. The zero-order chi connectivity index (χ0) is 14.7. The molecule has 1 heterocycles. The molecular weight excluding hydrogens is 305 g/mol. The molecule has 0 radical (unpaired) electrons. The maximum Gasteiger partial charge on any atom is 0.371 e. The Morgan fingerprint density at radius 2 is 1.80 bits per heavy atom. The van der Waals surface area contributed by atoms with E-state index < -0.39 is 11.9 Å². The van der Waals surface area contributed by atoms with Crippen LogP contribution in [0.4, 0.5) is 0 Å². The minimum atomic E-state index is -1.17. The molecule has 104 valence electrons. The summed E-state index contributed by atoms with van der Waals surface area (Å²) in [6.07, 6.45) is 0. The Kier molecular flexibility index (Phi) is 4.32. The fourth-order valence-corrected chi connectivity index (χ4v) is 2.13. The van der Waals surface area contributed by atoms with Crippen LogP contribution in [0, 0.1) is 0 Å². The van der Waals surface area contributed by atoms with Crippen molar-refractivity contribution >= 4 is 35.1 Å². The molecule has 1 aromatic heterocycles. The molecule has 7 heteroatoms. The van der Waals surface area contributed by atoms with Gasteiger partial charge in [0.15, 0.2) is 0 Å². The number of carboxylic acids is 1. The average molecular weight is 314 g/mol. The highest BCUT2D eigenvalue weighted by atomic mass is 35.5. The van der Waals surface area contributed by atoms with Crippen molar-refractivity contribution in [2.45, 2.75) is 6.54 Å². The standard InChI is InChI=1S/C13H9Cl2NO4/c14-8-2-1-3-9(15)11(8)12(17)16-6-7-4-5-10(20-7)13(18)19/h1-5H,6H2,(H,16,17)(H,18,19). The topological polar surface area (TPSA) is 79.5 Å². The quantitative estimate of drug-likeness (QED) is 0.908. The van der Waals surface area contributed by atoms with Crippen LogP contribution in [0.25, 0.3) is 0 Å². The van der Waals surface area contributed by atoms with Crippen LogP contribution in [0.15, 0.2) is 34.7 Å². The third kappa shape index (κ3) is 3.12. The van der Waals surface area contributed by atoms with Crippen LogP contribution in [0.1, 0.15) is 26.7 Å². The molecule has 1 amide bonds. The Bertz CT molecular complexity index is 646. The lowest BCUT2D eigenvalue weighted by molar-refractivity contribution is 0.0660. The molecule has 0 saturated heterocycles. The summed E-state index contributed by atoms with van der Waals surface area (Å²) in [7, 11) is 0. The Balaban J connectivity index is 2.07. The summed E-state index contributed by atoms with van der Waals surface area (Å²) >= 11 is 11.8. The smallest absolute Gasteiger partial charge is 0.371 e. The number of carboxylic acid groups (broad SMARTS) is 1. The van der Waals surface area contributed by atoms with Gasteiger partial charge >= 0.3 is 5.97 Å². The number of nitrogens with one attached hydrogen (secondary N) is 1. The van der Waals surface area contributed by atoms with Gasteiger partial charge in [-0.15, -0.1) is 0 Å². The van der Waals surface area contributed by atoms with Gasteiger partial charge in [0.2, 0.25) is 5.76 Å². The zero-order valence-electron chi connectivity index (χ0n) is 10.0. The Morgan fingerprint density at radius 1 is 1.15 bits per heavy atom. The molecule has 0 atom stereocenters. The van der Waals surface area contributed by atoms with Gasteiger partial charge < -0.3 is 14.8 Å². The van der Waals surface area contributed by atoms with Crippen molar-refractivity contribution in [3.63, 3.8) is 0 Å². The molecule has 0 spiro atoms. The maximum absolute atomic E-state index is 12.0. The number of carbonyl (C=O) groups excluding carboxylic acids is 1. The van der Waals surface area contributed by atoms with E-state index in [0.29, 0.717) is 5.76 Å². The van der Waals surface area contributed by atoms with E-state index in [1.165, 1.54) is 12.1 Å². The summed E-state index contributed by atoms with van der Waals surface area (Å²) in [5, 5.41) is 11.7. The van der Waals surface area contributed by atoms with E-state index in [0.717, 1.165) is 0 Å². The number of hydrogen-bond acceptors (Lipinski definition) is 3. The molecule has 0 saturated carbocycles. The fourth-order valence-electron chi connectivity index (χ4n) is 1.56. The predicted molar refractivity (Wildman–Crippen MR) is 73.3 cm³/mol. The van der Waals surface area contributed by atoms with Crippen LogP contribution in [-0.2, 0) is 6.54 Å². The van der Waals surface area contributed by atoms with Gasteiger partial charge in [-0.3, -0.25) is 4.79 Å². The van der Waals surface area contributed by atoms with Crippen LogP contribution in [0.2, 0.25) is 10.0 Å². The van der Waals surface area contributed by atoms with Crippen LogP contribution < -0.4 is 5.32 Å². The molecule has 2 aromatic rings. The molecular formula is C13H9Cl2NO4. The van der Waals surface area contributed by atoms with Gasteiger partial charge in [-0.25, -0.2) is 4.79 Å². The van der Waals surface area contributed by atoms with Gasteiger partial charge in [-0.2, -0.15) is 0 Å². The second kappa shape index (κ2) is 5.98. The van der Waals surface area contributed by atoms with E-state index >= 15 is 0 Å². The second-order valence-electron chi connectivity index (χ2n) is 3.85. The number of amides is 1. The molecule has 0 aliphatic carbocycles. The molecule has 1 aromatic carbocycles. The van der Waals surface area contributed by atoms with Crippen molar-refractivity contribution in [2.24, 2.45) is 0 Å². The largest absolute Gasteiger partial charge is 0.475 e. The highest BCUT2D eigenvalue weighted by molar-refractivity contribution is 6.39. The van der Waals surface area contributed by atoms with Crippen LogP contribution in [-0.4, -0.2) is 17.0 Å². The number of carbonyl (C=O) groups is 2. The molecule has 2 N–H and O–H groups in total. The lowest BCUT2D eigenvalue weighted by Crippen LogP contribution is -2.23. The van der Waals surface area contributed by atoms with Crippen LogP contribution >= 0.6 is 23.2 Å². The average Bonchev–Trinajstić information content (AvgIpc) is 2.85. The Hall–Kier alpha value is -1.98. The van der Waals surface area contributed by atoms with Crippen molar-refractivity contribution in [3.8, 4) is 0 Å². The lowest BCUT2D eigenvalue weighted by atomic mass is 10.2. The van der Waals surface area contributed by atoms with Gasteiger partial charge in [0, 0.05) is 0 Å². The molecule has 0 fully saturated rings. The third-order valence-corrected chi connectivity index (χ3v) is 3.12. The summed E-state index contributed by atoms with van der Waals surface area (Å²) in [4.78, 5) is 22.6. The van der Waals surface area contributed by atoms with Crippen molar-refractivity contribution in [1.29, 1.82) is 0 Å². The number of rotatable bonds is 4. The first kappa shape index (κ1) is 14.4. The van der Waals surface area contributed by atoms with Crippen molar-refractivity contribution in [2.75, 3.05) is 0 Å². The first-order chi connectivity index (χ1) is 9.49. The van der Waals surface area contributed by atoms with E-state index in [1.807, 2.05) is 0 Å². The molecule has 2 rings (SSSR count). The molecule has 0 aliphatic rings.